The van der Waals surface area contributed by atoms with Crippen LogP contribution in [0.5, 0.6) is 0 Å². The van der Waals surface area contributed by atoms with E-state index in [1.165, 1.54) is 36.3 Å². The van der Waals surface area contributed by atoms with Crippen molar-refractivity contribution in [2.45, 2.75) is 30.1 Å². The molecule has 2 aromatic rings. The number of hydrogen-bond acceptors (Lipinski definition) is 5. The molecular weight excluding hydrogens is 298 g/mol. The highest BCUT2D eigenvalue weighted by atomic mass is 32.2. The number of rotatable bonds is 4. The van der Waals surface area contributed by atoms with E-state index in [2.05, 4.69) is 53.6 Å². The van der Waals surface area contributed by atoms with Crippen molar-refractivity contribution in [2.75, 3.05) is 31.7 Å². The lowest BCUT2D eigenvalue weighted by Crippen LogP contribution is -2.39. The van der Waals surface area contributed by atoms with Crippen LogP contribution in [0.4, 0.5) is 5.69 Å². The first-order valence-corrected chi connectivity index (χ1v) is 9.59. The van der Waals surface area contributed by atoms with Crippen LogP contribution in [0.2, 0.25) is 0 Å². The molecule has 0 amide bonds. The largest absolute Gasteiger partial charge is 0.382 e. The van der Waals surface area contributed by atoms with E-state index in [0.717, 1.165) is 15.8 Å². The number of anilines is 1. The van der Waals surface area contributed by atoms with Gasteiger partial charge in [0.15, 0.2) is 4.34 Å². The molecule has 0 bridgehead atoms. The minimum Gasteiger partial charge on any atom is -0.382 e. The first-order chi connectivity index (χ1) is 10.2. The Morgan fingerprint density at radius 2 is 2.33 bits per heavy atom. The second-order valence-corrected chi connectivity index (χ2v) is 8.05. The Bertz CT molecular complexity index is 611. The Labute approximate surface area is 135 Å². The van der Waals surface area contributed by atoms with Crippen LogP contribution >= 0.6 is 23.1 Å². The van der Waals surface area contributed by atoms with Crippen molar-refractivity contribution in [1.29, 1.82) is 0 Å². The molecule has 0 spiro atoms. The number of likely N-dealkylation sites (tertiary alicyclic amines) is 1. The first kappa shape index (κ1) is 15.1. The number of thiazole rings is 1. The topological polar surface area (TPSA) is 28.2 Å². The van der Waals surface area contributed by atoms with Gasteiger partial charge in [-0.25, -0.2) is 4.98 Å². The van der Waals surface area contributed by atoms with Gasteiger partial charge in [-0.2, -0.15) is 0 Å². The van der Waals surface area contributed by atoms with Gasteiger partial charge < -0.3 is 10.2 Å². The fourth-order valence-electron chi connectivity index (χ4n) is 3.08. The Hall–Kier alpha value is -0.780. The van der Waals surface area contributed by atoms with E-state index in [0.29, 0.717) is 6.04 Å². The number of aromatic nitrogens is 1. The zero-order valence-electron chi connectivity index (χ0n) is 12.9. The molecule has 1 aromatic heterocycles. The molecule has 1 aromatic carbocycles. The molecule has 2 atom stereocenters. The van der Waals surface area contributed by atoms with Gasteiger partial charge >= 0.3 is 0 Å². The molecule has 1 N–H and O–H groups in total. The van der Waals surface area contributed by atoms with E-state index in [4.69, 9.17) is 0 Å². The molecule has 1 saturated heterocycles. The lowest BCUT2D eigenvalue weighted by Gasteiger charge is -2.34. The molecule has 114 valence electrons. The van der Waals surface area contributed by atoms with Crippen LogP contribution in [0.25, 0.3) is 10.2 Å². The number of piperidine rings is 1. The molecule has 1 aliphatic heterocycles. The van der Waals surface area contributed by atoms with Crippen molar-refractivity contribution in [3.05, 3.63) is 18.2 Å². The van der Waals surface area contributed by atoms with Gasteiger partial charge in [0.2, 0.25) is 0 Å². The van der Waals surface area contributed by atoms with Crippen molar-refractivity contribution in [2.24, 2.45) is 5.92 Å². The second-order valence-electron chi connectivity index (χ2n) is 5.96. The summed E-state index contributed by atoms with van der Waals surface area (Å²) >= 11 is 3.50. The smallest absolute Gasteiger partial charge is 0.150 e. The molecule has 1 fully saturated rings. The summed E-state index contributed by atoms with van der Waals surface area (Å²) in [5.74, 6) is 0.739. The van der Waals surface area contributed by atoms with Crippen molar-refractivity contribution in [3.8, 4) is 0 Å². The number of hydrogen-bond donors (Lipinski definition) is 1. The van der Waals surface area contributed by atoms with E-state index >= 15 is 0 Å². The first-order valence-electron chi connectivity index (χ1n) is 7.55. The van der Waals surface area contributed by atoms with Crippen molar-refractivity contribution in [3.63, 3.8) is 0 Å². The molecule has 2 unspecified atom stereocenters. The Morgan fingerprint density at radius 1 is 1.48 bits per heavy atom. The van der Waals surface area contributed by atoms with Crippen LogP contribution in [0.1, 0.15) is 19.8 Å². The second kappa shape index (κ2) is 6.55. The molecule has 2 heterocycles. The van der Waals surface area contributed by atoms with Gasteiger partial charge in [-0.1, -0.05) is 11.8 Å². The summed E-state index contributed by atoms with van der Waals surface area (Å²) in [7, 11) is 2.23. The maximum Gasteiger partial charge on any atom is 0.150 e. The summed E-state index contributed by atoms with van der Waals surface area (Å²) in [6.45, 7) is 4.76. The van der Waals surface area contributed by atoms with Gasteiger partial charge in [-0.15, -0.1) is 11.3 Å². The van der Waals surface area contributed by atoms with Crippen LogP contribution in [-0.4, -0.2) is 42.3 Å². The van der Waals surface area contributed by atoms with Gasteiger partial charge in [0.25, 0.3) is 0 Å². The Kier molecular flexibility index (Phi) is 4.72. The van der Waals surface area contributed by atoms with Crippen molar-refractivity contribution < 1.29 is 0 Å². The molecule has 3 nitrogen and oxygen atoms in total. The van der Waals surface area contributed by atoms with Gasteiger partial charge in [-0.05, 0) is 63.7 Å². The number of thioether (sulfide) groups is 1. The predicted octanol–water partition coefficient (Wildman–Crippen LogP) is 4.16. The summed E-state index contributed by atoms with van der Waals surface area (Å²) in [6.07, 6.45) is 4.73. The average Bonchev–Trinajstić information content (AvgIpc) is 2.89. The van der Waals surface area contributed by atoms with Crippen molar-refractivity contribution in [1.82, 2.24) is 9.88 Å². The summed E-state index contributed by atoms with van der Waals surface area (Å²) in [5.41, 5.74) is 2.33. The SMILES string of the molecule is CSc1nc2ccc(NC(C)C3CCCN(C)C3)cc2s1. The minimum atomic E-state index is 0.512. The third-order valence-corrected chi connectivity index (χ3v) is 6.31. The average molecular weight is 322 g/mol. The predicted molar refractivity (Wildman–Crippen MR) is 94.7 cm³/mol. The fourth-order valence-corrected chi connectivity index (χ4v) is 4.60. The molecule has 3 rings (SSSR count). The summed E-state index contributed by atoms with van der Waals surface area (Å²) in [6, 6.07) is 7.05. The normalized spacial score (nSPS) is 21.6. The summed E-state index contributed by atoms with van der Waals surface area (Å²) in [4.78, 5) is 7.05. The van der Waals surface area contributed by atoms with Crippen molar-refractivity contribution >= 4 is 39.0 Å². The standard InChI is InChI=1S/C16H23N3S2/c1-11(12-5-4-8-19(2)10-12)17-13-6-7-14-15(9-13)21-16(18-14)20-3/h6-7,9,11-12,17H,4-5,8,10H2,1-3H3. The molecule has 0 saturated carbocycles. The van der Waals surface area contributed by atoms with Crippen LogP contribution in [-0.2, 0) is 0 Å². The fraction of sp³-hybridized carbons (Fsp3) is 0.562. The quantitative estimate of drug-likeness (QED) is 0.856. The third kappa shape index (κ3) is 3.52. The molecule has 5 heteroatoms. The van der Waals surface area contributed by atoms with Crippen LogP contribution in [0, 0.1) is 5.92 Å². The number of nitrogens with zero attached hydrogens (tertiary/aromatic N) is 2. The monoisotopic (exact) mass is 321 g/mol. The lowest BCUT2D eigenvalue weighted by atomic mass is 9.92. The van der Waals surface area contributed by atoms with Gasteiger partial charge in [0.05, 0.1) is 10.2 Å². The lowest BCUT2D eigenvalue weighted by molar-refractivity contribution is 0.197. The highest BCUT2D eigenvalue weighted by Gasteiger charge is 2.22. The zero-order chi connectivity index (χ0) is 14.8. The highest BCUT2D eigenvalue weighted by Crippen LogP contribution is 2.30. The van der Waals surface area contributed by atoms with Crippen LogP contribution in [0.15, 0.2) is 22.5 Å². The summed E-state index contributed by atoms with van der Waals surface area (Å²) < 4.78 is 2.42. The number of fused-ring (bicyclic) bond motifs is 1. The van der Waals surface area contributed by atoms with E-state index in [1.54, 1.807) is 23.1 Å². The van der Waals surface area contributed by atoms with E-state index < -0.39 is 0 Å². The van der Waals surface area contributed by atoms with Crippen LogP contribution < -0.4 is 5.32 Å². The maximum atomic E-state index is 4.60. The zero-order valence-corrected chi connectivity index (χ0v) is 14.6. The number of benzene rings is 1. The Balaban J connectivity index is 1.71. The van der Waals surface area contributed by atoms with Gasteiger partial charge in [0, 0.05) is 18.3 Å². The molecule has 0 radical (unpaired) electrons. The Morgan fingerprint density at radius 3 is 3.10 bits per heavy atom. The molecule has 21 heavy (non-hydrogen) atoms. The van der Waals surface area contributed by atoms with E-state index in [1.807, 2.05) is 0 Å². The summed E-state index contributed by atoms with van der Waals surface area (Å²) in [5, 5.41) is 3.70. The van der Waals surface area contributed by atoms with Gasteiger partial charge in [-0.3, -0.25) is 0 Å². The van der Waals surface area contributed by atoms with E-state index in [-0.39, 0.29) is 0 Å². The van der Waals surface area contributed by atoms with E-state index in [9.17, 15) is 0 Å². The molecule has 1 aliphatic rings. The van der Waals surface area contributed by atoms with Crippen LogP contribution in [0.3, 0.4) is 0 Å². The van der Waals surface area contributed by atoms with Gasteiger partial charge in [0.1, 0.15) is 0 Å². The maximum absolute atomic E-state index is 4.60. The molecule has 0 aliphatic carbocycles. The highest BCUT2D eigenvalue weighted by molar-refractivity contribution is 8.00. The molecular formula is C16H23N3S2. The number of nitrogens with one attached hydrogen (secondary N) is 1. The minimum absolute atomic E-state index is 0.512. The third-order valence-electron chi connectivity index (χ3n) is 4.31.